The summed E-state index contributed by atoms with van der Waals surface area (Å²) in [6.45, 7) is 1.83. The van der Waals surface area contributed by atoms with Crippen molar-refractivity contribution in [3.05, 3.63) is 27.7 Å². The standard InChI is InChI=1S/C11H12BrClN2O2/c1-3-10(11(16)17-2)15-14-7-4-5-9(13)8(12)6-7/h4-6,14H,3H2,1-2H3. The van der Waals surface area contributed by atoms with Crippen molar-refractivity contribution in [3.8, 4) is 0 Å². The van der Waals surface area contributed by atoms with Crippen molar-refractivity contribution in [3.63, 3.8) is 0 Å². The number of hydrazone groups is 1. The molecule has 92 valence electrons. The summed E-state index contributed by atoms with van der Waals surface area (Å²) < 4.78 is 5.35. The van der Waals surface area contributed by atoms with E-state index in [9.17, 15) is 4.79 Å². The molecular weight excluding hydrogens is 307 g/mol. The minimum atomic E-state index is -0.437. The second-order valence-corrected chi connectivity index (χ2v) is 4.41. The van der Waals surface area contributed by atoms with Crippen molar-refractivity contribution in [2.45, 2.75) is 13.3 Å². The Balaban J connectivity index is 2.80. The highest BCUT2D eigenvalue weighted by Gasteiger charge is 2.08. The molecule has 0 aliphatic heterocycles. The van der Waals surface area contributed by atoms with Gasteiger partial charge in [-0.25, -0.2) is 4.79 Å². The Bertz CT molecular complexity index is 449. The van der Waals surface area contributed by atoms with Crippen molar-refractivity contribution in [2.24, 2.45) is 5.10 Å². The number of ether oxygens (including phenoxy) is 1. The Morgan fingerprint density at radius 1 is 1.59 bits per heavy atom. The van der Waals surface area contributed by atoms with Gasteiger partial charge in [0.15, 0.2) is 0 Å². The second kappa shape index (κ2) is 6.61. The van der Waals surface area contributed by atoms with Gasteiger partial charge < -0.3 is 4.74 Å². The molecule has 0 aliphatic carbocycles. The number of hydrogen-bond acceptors (Lipinski definition) is 4. The van der Waals surface area contributed by atoms with E-state index in [1.807, 2.05) is 6.92 Å². The van der Waals surface area contributed by atoms with Crippen LogP contribution in [-0.2, 0) is 9.53 Å². The molecule has 0 saturated carbocycles. The molecule has 1 N–H and O–H groups in total. The third kappa shape index (κ3) is 4.02. The van der Waals surface area contributed by atoms with Crippen LogP contribution in [0.5, 0.6) is 0 Å². The third-order valence-electron chi connectivity index (χ3n) is 2.00. The summed E-state index contributed by atoms with van der Waals surface area (Å²) >= 11 is 9.16. The maximum absolute atomic E-state index is 11.3. The fraction of sp³-hybridized carbons (Fsp3) is 0.273. The number of benzene rings is 1. The van der Waals surface area contributed by atoms with Crippen LogP contribution in [0.25, 0.3) is 0 Å². The van der Waals surface area contributed by atoms with E-state index < -0.39 is 5.97 Å². The summed E-state index contributed by atoms with van der Waals surface area (Å²) in [4.78, 5) is 11.3. The van der Waals surface area contributed by atoms with E-state index in [0.29, 0.717) is 17.2 Å². The number of carbonyl (C=O) groups is 1. The zero-order chi connectivity index (χ0) is 12.8. The Hall–Kier alpha value is -1.07. The highest BCUT2D eigenvalue weighted by Crippen LogP contribution is 2.25. The van der Waals surface area contributed by atoms with E-state index >= 15 is 0 Å². The van der Waals surface area contributed by atoms with Crippen LogP contribution < -0.4 is 5.43 Å². The van der Waals surface area contributed by atoms with Crippen molar-refractivity contribution in [2.75, 3.05) is 12.5 Å². The van der Waals surface area contributed by atoms with Gasteiger partial charge in [0.1, 0.15) is 5.71 Å². The Kier molecular flexibility index (Phi) is 5.44. The Morgan fingerprint density at radius 3 is 2.82 bits per heavy atom. The fourth-order valence-electron chi connectivity index (χ4n) is 1.08. The number of methoxy groups -OCH3 is 1. The zero-order valence-corrected chi connectivity index (χ0v) is 11.8. The smallest absolute Gasteiger partial charge is 0.354 e. The second-order valence-electron chi connectivity index (χ2n) is 3.14. The summed E-state index contributed by atoms with van der Waals surface area (Å²) in [5.41, 5.74) is 3.84. The SMILES string of the molecule is CCC(=NNc1ccc(Cl)c(Br)c1)C(=O)OC. The van der Waals surface area contributed by atoms with Gasteiger partial charge in [0.05, 0.1) is 17.8 Å². The van der Waals surface area contributed by atoms with Gasteiger partial charge in [-0.3, -0.25) is 5.43 Å². The highest BCUT2D eigenvalue weighted by atomic mass is 79.9. The molecule has 0 amide bonds. The molecule has 17 heavy (non-hydrogen) atoms. The largest absolute Gasteiger partial charge is 0.464 e. The first kappa shape index (κ1) is 14.0. The van der Waals surface area contributed by atoms with Crippen LogP contribution in [0.1, 0.15) is 13.3 Å². The minimum Gasteiger partial charge on any atom is -0.464 e. The summed E-state index contributed by atoms with van der Waals surface area (Å²) in [6, 6.07) is 5.27. The average Bonchev–Trinajstić information content (AvgIpc) is 2.33. The van der Waals surface area contributed by atoms with Gasteiger partial charge in [-0.05, 0) is 40.5 Å². The summed E-state index contributed by atoms with van der Waals surface area (Å²) in [5.74, 6) is -0.437. The molecule has 0 aliphatic rings. The van der Waals surface area contributed by atoms with Crippen molar-refractivity contribution >= 4 is 44.9 Å². The van der Waals surface area contributed by atoms with Crippen molar-refractivity contribution < 1.29 is 9.53 Å². The van der Waals surface area contributed by atoms with Crippen LogP contribution >= 0.6 is 27.5 Å². The molecule has 6 heteroatoms. The lowest BCUT2D eigenvalue weighted by Gasteiger charge is -2.05. The molecule has 1 aromatic carbocycles. The number of hydrogen-bond donors (Lipinski definition) is 1. The summed E-state index contributed by atoms with van der Waals surface area (Å²) in [6.07, 6.45) is 0.494. The molecule has 0 fully saturated rings. The van der Waals surface area contributed by atoms with E-state index in [-0.39, 0.29) is 0 Å². The van der Waals surface area contributed by atoms with Crippen LogP contribution in [0.3, 0.4) is 0 Å². The van der Waals surface area contributed by atoms with E-state index in [4.69, 9.17) is 11.6 Å². The molecule has 0 spiro atoms. The van der Waals surface area contributed by atoms with Crippen LogP contribution in [0.2, 0.25) is 5.02 Å². The fourth-order valence-corrected chi connectivity index (χ4v) is 1.58. The van der Waals surface area contributed by atoms with E-state index in [1.165, 1.54) is 7.11 Å². The summed E-state index contributed by atoms with van der Waals surface area (Å²) in [5, 5.41) is 4.60. The first-order valence-electron chi connectivity index (χ1n) is 4.94. The number of nitrogens with one attached hydrogen (secondary N) is 1. The molecule has 0 heterocycles. The lowest BCUT2D eigenvalue weighted by molar-refractivity contribution is -0.132. The quantitative estimate of drug-likeness (QED) is 0.525. The van der Waals surface area contributed by atoms with Crippen LogP contribution in [0.4, 0.5) is 5.69 Å². The first-order valence-corrected chi connectivity index (χ1v) is 6.11. The molecule has 0 bridgehead atoms. The van der Waals surface area contributed by atoms with Crippen LogP contribution in [0, 0.1) is 0 Å². The lowest BCUT2D eigenvalue weighted by atomic mass is 10.3. The first-order chi connectivity index (χ1) is 8.08. The molecule has 0 atom stereocenters. The summed E-state index contributed by atoms with van der Waals surface area (Å²) in [7, 11) is 1.33. The van der Waals surface area contributed by atoms with Crippen LogP contribution in [-0.4, -0.2) is 18.8 Å². The Labute approximate surface area is 113 Å². The normalized spacial score (nSPS) is 11.2. The zero-order valence-electron chi connectivity index (χ0n) is 9.46. The van der Waals surface area contributed by atoms with Crippen molar-refractivity contribution in [1.29, 1.82) is 0 Å². The minimum absolute atomic E-state index is 0.332. The van der Waals surface area contributed by atoms with Gasteiger partial charge in [-0.2, -0.15) is 5.10 Å². The molecule has 0 saturated heterocycles. The lowest BCUT2D eigenvalue weighted by Crippen LogP contribution is -2.16. The van der Waals surface area contributed by atoms with Gasteiger partial charge in [0.25, 0.3) is 0 Å². The third-order valence-corrected chi connectivity index (χ3v) is 3.21. The molecule has 1 aromatic rings. The molecule has 0 radical (unpaired) electrons. The topological polar surface area (TPSA) is 50.7 Å². The van der Waals surface area contributed by atoms with Gasteiger partial charge in [0, 0.05) is 4.47 Å². The van der Waals surface area contributed by atoms with Crippen LogP contribution in [0.15, 0.2) is 27.8 Å². The number of rotatable bonds is 4. The maximum atomic E-state index is 11.3. The molecule has 0 aromatic heterocycles. The Morgan fingerprint density at radius 2 is 2.29 bits per heavy atom. The predicted molar refractivity (Wildman–Crippen MR) is 72.5 cm³/mol. The van der Waals surface area contributed by atoms with Gasteiger partial charge in [0.2, 0.25) is 0 Å². The van der Waals surface area contributed by atoms with E-state index in [2.05, 4.69) is 31.2 Å². The molecule has 4 nitrogen and oxygen atoms in total. The number of esters is 1. The van der Waals surface area contributed by atoms with E-state index in [1.54, 1.807) is 18.2 Å². The van der Waals surface area contributed by atoms with Gasteiger partial charge in [-0.1, -0.05) is 18.5 Å². The van der Waals surface area contributed by atoms with Gasteiger partial charge >= 0.3 is 5.97 Å². The average molecular weight is 320 g/mol. The highest BCUT2D eigenvalue weighted by molar-refractivity contribution is 9.10. The number of carbonyl (C=O) groups excluding carboxylic acids is 1. The maximum Gasteiger partial charge on any atom is 0.354 e. The molecule has 1 rings (SSSR count). The van der Waals surface area contributed by atoms with E-state index in [0.717, 1.165) is 10.2 Å². The molecule has 0 unspecified atom stereocenters. The monoisotopic (exact) mass is 318 g/mol. The molecular formula is C11H12BrClN2O2. The van der Waals surface area contributed by atoms with Gasteiger partial charge in [-0.15, -0.1) is 0 Å². The van der Waals surface area contributed by atoms with Crippen molar-refractivity contribution in [1.82, 2.24) is 0 Å². The number of anilines is 1. The predicted octanol–water partition coefficient (Wildman–Crippen LogP) is 3.45. The number of halogens is 2. The number of nitrogens with zero attached hydrogens (tertiary/aromatic N) is 1.